The third-order valence-electron chi connectivity index (χ3n) is 6.17. The Morgan fingerprint density at radius 2 is 1.77 bits per heavy atom. The van der Waals surface area contributed by atoms with Crippen molar-refractivity contribution in [2.75, 3.05) is 26.2 Å². The quantitative estimate of drug-likeness (QED) is 0.599. The van der Waals surface area contributed by atoms with Crippen LogP contribution in [0.5, 0.6) is 0 Å². The number of piperidine rings is 2. The third-order valence-corrected chi connectivity index (χ3v) is 10.1. The van der Waals surface area contributed by atoms with Crippen LogP contribution in [0.25, 0.3) is 0 Å². The molecule has 0 radical (unpaired) electrons. The van der Waals surface area contributed by atoms with Gasteiger partial charge in [-0.05, 0) is 71.6 Å². The van der Waals surface area contributed by atoms with Crippen LogP contribution < -0.4 is 0 Å². The summed E-state index contributed by atoms with van der Waals surface area (Å²) in [5.74, 6) is 0.500. The molecule has 30 heavy (non-hydrogen) atoms. The van der Waals surface area contributed by atoms with Gasteiger partial charge < -0.3 is 4.90 Å². The number of benzene rings is 1. The number of carbonyl (C=O) groups is 1. The molecule has 0 unspecified atom stereocenters. The molecule has 0 aliphatic carbocycles. The van der Waals surface area contributed by atoms with Gasteiger partial charge in [0.15, 0.2) is 0 Å². The first kappa shape index (κ1) is 22.0. The number of rotatable bonds is 5. The van der Waals surface area contributed by atoms with Crippen LogP contribution >= 0.6 is 27.3 Å². The van der Waals surface area contributed by atoms with E-state index in [0.29, 0.717) is 23.2 Å². The van der Waals surface area contributed by atoms with Crippen LogP contribution in [-0.4, -0.2) is 49.7 Å². The zero-order valence-electron chi connectivity index (χ0n) is 16.9. The first-order chi connectivity index (χ1) is 14.4. The van der Waals surface area contributed by atoms with Gasteiger partial charge in [-0.1, -0.05) is 30.3 Å². The molecule has 8 heteroatoms. The summed E-state index contributed by atoms with van der Waals surface area (Å²) in [6.07, 6.45) is 4.58. The number of hydrogen-bond donors (Lipinski definition) is 0. The highest BCUT2D eigenvalue weighted by Gasteiger charge is 2.36. The maximum absolute atomic E-state index is 13.1. The van der Waals surface area contributed by atoms with Crippen LogP contribution in [0.2, 0.25) is 0 Å². The fraction of sp³-hybridized carbons (Fsp3) is 0.500. The summed E-state index contributed by atoms with van der Waals surface area (Å²) in [6.45, 7) is 2.33. The van der Waals surface area contributed by atoms with Crippen molar-refractivity contribution in [3.63, 3.8) is 0 Å². The fourth-order valence-electron chi connectivity index (χ4n) is 4.49. The van der Waals surface area contributed by atoms with Gasteiger partial charge >= 0.3 is 0 Å². The molecule has 1 aromatic carbocycles. The van der Waals surface area contributed by atoms with Gasteiger partial charge in [0.1, 0.15) is 4.21 Å². The van der Waals surface area contributed by atoms with Crippen molar-refractivity contribution in [3.8, 4) is 0 Å². The van der Waals surface area contributed by atoms with Gasteiger partial charge in [-0.2, -0.15) is 4.31 Å². The van der Waals surface area contributed by atoms with Gasteiger partial charge in [0.2, 0.25) is 5.91 Å². The molecule has 2 fully saturated rings. The molecule has 4 rings (SSSR count). The molecule has 0 bridgehead atoms. The largest absolute Gasteiger partial charge is 0.342 e. The number of carbonyl (C=O) groups excluding carboxylic acids is 1. The minimum Gasteiger partial charge on any atom is -0.342 e. The number of hydrogen-bond acceptors (Lipinski definition) is 4. The van der Waals surface area contributed by atoms with Crippen molar-refractivity contribution in [1.29, 1.82) is 0 Å². The molecule has 0 spiro atoms. The Hall–Kier alpha value is -1.22. The van der Waals surface area contributed by atoms with Crippen molar-refractivity contribution >= 4 is 43.2 Å². The van der Waals surface area contributed by atoms with Crippen molar-refractivity contribution < 1.29 is 13.2 Å². The van der Waals surface area contributed by atoms with Gasteiger partial charge in [-0.3, -0.25) is 4.79 Å². The molecule has 162 valence electrons. The summed E-state index contributed by atoms with van der Waals surface area (Å²) in [5.41, 5.74) is 1.36. The summed E-state index contributed by atoms with van der Waals surface area (Å²) in [4.78, 5) is 15.1. The molecule has 0 saturated carbocycles. The smallest absolute Gasteiger partial charge is 0.252 e. The second kappa shape index (κ2) is 9.51. The lowest BCUT2D eigenvalue weighted by atomic mass is 9.89. The maximum atomic E-state index is 13.1. The van der Waals surface area contributed by atoms with E-state index in [-0.39, 0.29) is 11.8 Å². The Morgan fingerprint density at radius 3 is 2.43 bits per heavy atom. The van der Waals surface area contributed by atoms with Gasteiger partial charge in [0.05, 0.1) is 9.70 Å². The van der Waals surface area contributed by atoms with Crippen molar-refractivity contribution in [1.82, 2.24) is 9.21 Å². The Labute approximate surface area is 191 Å². The number of likely N-dealkylation sites (tertiary alicyclic amines) is 1. The molecule has 2 saturated heterocycles. The molecule has 1 atom stereocenters. The van der Waals surface area contributed by atoms with E-state index >= 15 is 0 Å². The van der Waals surface area contributed by atoms with E-state index in [4.69, 9.17) is 0 Å². The highest BCUT2D eigenvalue weighted by Crippen LogP contribution is 2.32. The molecule has 2 aliphatic rings. The minimum absolute atomic E-state index is 0.125. The van der Waals surface area contributed by atoms with Crippen LogP contribution in [0, 0.1) is 11.8 Å². The number of amides is 1. The maximum Gasteiger partial charge on any atom is 0.252 e. The summed E-state index contributed by atoms with van der Waals surface area (Å²) in [7, 11) is -3.53. The lowest BCUT2D eigenvalue weighted by molar-refractivity contribution is -0.138. The second-order valence-electron chi connectivity index (χ2n) is 8.22. The minimum atomic E-state index is -3.53. The fourth-order valence-corrected chi connectivity index (χ4v) is 8.18. The van der Waals surface area contributed by atoms with E-state index in [1.807, 2.05) is 11.0 Å². The molecule has 5 nitrogen and oxygen atoms in total. The molecule has 1 amide bonds. The van der Waals surface area contributed by atoms with Gasteiger partial charge in [-0.15, -0.1) is 11.3 Å². The SMILES string of the molecule is O=C([C@@H]1CCCN(S(=O)(=O)c2ccc(Br)s2)C1)N1CCC(Cc2ccccc2)CC1. The average Bonchev–Trinajstić information content (AvgIpc) is 3.22. The zero-order valence-corrected chi connectivity index (χ0v) is 20.1. The standard InChI is InChI=1S/C22H27BrN2O3S2/c23-20-8-9-21(29-20)30(27,28)25-12-4-7-19(16-25)22(26)24-13-10-18(11-14-24)15-17-5-2-1-3-6-17/h1-3,5-6,8-9,18-19H,4,7,10-16H2/t19-/m1/s1. The number of halogens is 1. The number of nitrogens with zero attached hydrogens (tertiary/aromatic N) is 2. The predicted octanol–water partition coefficient (Wildman–Crippen LogP) is 4.39. The lowest BCUT2D eigenvalue weighted by Crippen LogP contribution is -2.48. The summed E-state index contributed by atoms with van der Waals surface area (Å²) in [5, 5.41) is 0. The molecule has 2 aromatic rings. The molecular formula is C22H27BrN2O3S2. The van der Waals surface area contributed by atoms with Gasteiger partial charge in [0, 0.05) is 26.2 Å². The Morgan fingerprint density at radius 1 is 1.03 bits per heavy atom. The van der Waals surface area contributed by atoms with Crippen molar-refractivity contribution in [2.24, 2.45) is 11.8 Å². The normalized spacial score (nSPS) is 21.6. The Kier molecular flexibility index (Phi) is 6.97. The molecule has 3 heterocycles. The summed E-state index contributed by atoms with van der Waals surface area (Å²) in [6, 6.07) is 13.9. The van der Waals surface area contributed by atoms with E-state index in [0.717, 1.165) is 49.0 Å². The topological polar surface area (TPSA) is 57.7 Å². The highest BCUT2D eigenvalue weighted by molar-refractivity contribution is 9.11. The number of thiophene rings is 1. The Balaban J connectivity index is 1.34. The van der Waals surface area contributed by atoms with Crippen LogP contribution in [0.15, 0.2) is 50.5 Å². The summed E-state index contributed by atoms with van der Waals surface area (Å²) < 4.78 is 28.5. The third kappa shape index (κ3) is 4.98. The van der Waals surface area contributed by atoms with E-state index in [2.05, 4.69) is 40.2 Å². The highest BCUT2D eigenvalue weighted by atomic mass is 79.9. The second-order valence-corrected chi connectivity index (χ2v) is 12.8. The van der Waals surface area contributed by atoms with E-state index in [9.17, 15) is 13.2 Å². The Bertz CT molecular complexity index is 969. The van der Waals surface area contributed by atoms with Crippen LogP contribution in [0.4, 0.5) is 0 Å². The van der Waals surface area contributed by atoms with Gasteiger partial charge in [-0.25, -0.2) is 8.42 Å². The van der Waals surface area contributed by atoms with Crippen LogP contribution in [0.3, 0.4) is 0 Å². The lowest BCUT2D eigenvalue weighted by Gasteiger charge is -2.37. The molecule has 2 aliphatic heterocycles. The molecule has 1 aromatic heterocycles. The summed E-state index contributed by atoms with van der Waals surface area (Å²) >= 11 is 4.55. The van der Waals surface area contributed by atoms with E-state index in [1.165, 1.54) is 21.2 Å². The van der Waals surface area contributed by atoms with E-state index < -0.39 is 10.0 Å². The van der Waals surface area contributed by atoms with Gasteiger partial charge in [0.25, 0.3) is 10.0 Å². The van der Waals surface area contributed by atoms with Crippen LogP contribution in [-0.2, 0) is 21.2 Å². The first-order valence-corrected chi connectivity index (χ1v) is 13.6. The van der Waals surface area contributed by atoms with Crippen molar-refractivity contribution in [2.45, 2.75) is 36.3 Å². The van der Waals surface area contributed by atoms with E-state index in [1.54, 1.807) is 12.1 Å². The zero-order chi connectivity index (χ0) is 21.1. The average molecular weight is 512 g/mol. The number of sulfonamides is 1. The molecular weight excluding hydrogens is 484 g/mol. The predicted molar refractivity (Wildman–Crippen MR) is 123 cm³/mol. The van der Waals surface area contributed by atoms with Crippen molar-refractivity contribution in [3.05, 3.63) is 51.8 Å². The first-order valence-electron chi connectivity index (χ1n) is 10.5. The molecule has 0 N–H and O–H groups in total. The van der Waals surface area contributed by atoms with Crippen LogP contribution in [0.1, 0.15) is 31.2 Å². The monoisotopic (exact) mass is 510 g/mol.